The lowest BCUT2D eigenvalue weighted by atomic mass is 9.99. The summed E-state index contributed by atoms with van der Waals surface area (Å²) < 4.78 is 0. The smallest absolute Gasteiger partial charge is 0.267 e. The highest BCUT2D eigenvalue weighted by molar-refractivity contribution is 6.43. The van der Waals surface area contributed by atoms with Crippen LogP contribution in [0.3, 0.4) is 0 Å². The molecule has 1 amide bonds. The Morgan fingerprint density at radius 3 is 2.44 bits per heavy atom. The van der Waals surface area contributed by atoms with Crippen molar-refractivity contribution >= 4 is 35.3 Å². The zero-order valence-electron chi connectivity index (χ0n) is 14.5. The van der Waals surface area contributed by atoms with E-state index in [1.807, 2.05) is 36.4 Å². The number of halogens is 2. The second-order valence-corrected chi connectivity index (χ2v) is 6.77. The van der Waals surface area contributed by atoms with Crippen molar-refractivity contribution in [3.8, 4) is 0 Å². The lowest BCUT2D eigenvalue weighted by Gasteiger charge is -2.08. The largest absolute Gasteiger partial charge is 0.271 e. The van der Waals surface area contributed by atoms with Crippen LogP contribution in [0.5, 0.6) is 0 Å². The molecule has 136 valence electrons. The first-order chi connectivity index (χ1) is 13.1. The number of aryl methyl sites for hydroxylation is 2. The third-order valence-corrected chi connectivity index (χ3v) is 4.97. The van der Waals surface area contributed by atoms with Crippen LogP contribution in [0.25, 0.3) is 0 Å². The van der Waals surface area contributed by atoms with Gasteiger partial charge in [0.25, 0.3) is 5.91 Å². The molecule has 0 spiro atoms. The molecule has 0 aliphatic heterocycles. The van der Waals surface area contributed by atoms with Gasteiger partial charge in [-0.1, -0.05) is 83.9 Å². The molecule has 0 aliphatic rings. The van der Waals surface area contributed by atoms with Crippen molar-refractivity contribution in [2.75, 3.05) is 0 Å². The fraction of sp³-hybridized carbons (Fsp3) is 0.0909. The Hall–Kier alpha value is -2.62. The normalized spacial score (nSPS) is 10.9. The highest BCUT2D eigenvalue weighted by Crippen LogP contribution is 2.24. The number of hydrogen-bond donors (Lipinski definition) is 1. The molecule has 0 fully saturated rings. The number of rotatable bonds is 6. The molecule has 3 rings (SSSR count). The molecule has 0 saturated carbocycles. The number of carbonyl (C=O) groups excluding carboxylic acids is 1. The number of nitrogens with zero attached hydrogens (tertiary/aromatic N) is 1. The van der Waals surface area contributed by atoms with Crippen molar-refractivity contribution in [1.29, 1.82) is 0 Å². The predicted molar refractivity (Wildman–Crippen MR) is 112 cm³/mol. The van der Waals surface area contributed by atoms with Crippen LogP contribution in [-0.2, 0) is 12.8 Å². The minimum absolute atomic E-state index is 0.256. The molecule has 0 radical (unpaired) electrons. The summed E-state index contributed by atoms with van der Waals surface area (Å²) in [5.74, 6) is -0.256. The SMILES string of the molecule is O=C(N/N=C/c1cccc(Cl)c1Cl)c1ccccc1CCc1ccccc1. The van der Waals surface area contributed by atoms with E-state index in [0.29, 0.717) is 21.2 Å². The highest BCUT2D eigenvalue weighted by Gasteiger charge is 2.10. The van der Waals surface area contributed by atoms with E-state index in [1.54, 1.807) is 24.3 Å². The Kier molecular flexibility index (Phi) is 6.64. The summed E-state index contributed by atoms with van der Waals surface area (Å²) in [4.78, 5) is 12.5. The summed E-state index contributed by atoms with van der Waals surface area (Å²) >= 11 is 12.1. The van der Waals surface area contributed by atoms with Gasteiger partial charge in [0, 0.05) is 11.1 Å². The topological polar surface area (TPSA) is 41.5 Å². The maximum absolute atomic E-state index is 12.5. The van der Waals surface area contributed by atoms with Crippen LogP contribution in [0.2, 0.25) is 10.0 Å². The minimum atomic E-state index is -0.256. The van der Waals surface area contributed by atoms with E-state index in [-0.39, 0.29) is 5.91 Å². The van der Waals surface area contributed by atoms with E-state index < -0.39 is 0 Å². The highest BCUT2D eigenvalue weighted by atomic mass is 35.5. The van der Waals surface area contributed by atoms with Gasteiger partial charge in [0.05, 0.1) is 16.3 Å². The Morgan fingerprint density at radius 2 is 1.63 bits per heavy atom. The van der Waals surface area contributed by atoms with Gasteiger partial charge in [0.2, 0.25) is 0 Å². The Labute approximate surface area is 168 Å². The standard InChI is InChI=1S/C22H18Cl2N2O/c23-20-12-6-10-18(21(20)24)15-25-26-22(27)19-11-5-4-9-17(19)14-13-16-7-2-1-3-8-16/h1-12,15H,13-14H2,(H,26,27)/b25-15+. The summed E-state index contributed by atoms with van der Waals surface area (Å²) in [6, 6.07) is 23.0. The Bertz CT molecular complexity index is 956. The van der Waals surface area contributed by atoms with Crippen LogP contribution < -0.4 is 5.43 Å². The van der Waals surface area contributed by atoms with Crippen molar-refractivity contribution < 1.29 is 4.79 Å². The number of carbonyl (C=O) groups is 1. The molecular formula is C22H18Cl2N2O. The van der Waals surface area contributed by atoms with Crippen molar-refractivity contribution in [3.05, 3.63) is 105 Å². The van der Waals surface area contributed by atoms with Crippen LogP contribution in [0, 0.1) is 0 Å². The summed E-state index contributed by atoms with van der Waals surface area (Å²) in [5, 5.41) is 4.86. The van der Waals surface area contributed by atoms with Gasteiger partial charge in [0.1, 0.15) is 0 Å². The van der Waals surface area contributed by atoms with Gasteiger partial charge in [-0.25, -0.2) is 5.43 Å². The summed E-state index contributed by atoms with van der Waals surface area (Å²) in [6.07, 6.45) is 3.13. The van der Waals surface area contributed by atoms with Crippen molar-refractivity contribution in [2.24, 2.45) is 5.10 Å². The van der Waals surface area contributed by atoms with E-state index >= 15 is 0 Å². The van der Waals surface area contributed by atoms with Gasteiger partial charge >= 0.3 is 0 Å². The van der Waals surface area contributed by atoms with Crippen LogP contribution in [0.1, 0.15) is 27.0 Å². The van der Waals surface area contributed by atoms with Crippen LogP contribution >= 0.6 is 23.2 Å². The Morgan fingerprint density at radius 1 is 0.889 bits per heavy atom. The first-order valence-corrected chi connectivity index (χ1v) is 9.30. The lowest BCUT2D eigenvalue weighted by Crippen LogP contribution is -2.19. The molecule has 3 nitrogen and oxygen atoms in total. The van der Waals surface area contributed by atoms with Crippen molar-refractivity contribution in [2.45, 2.75) is 12.8 Å². The minimum Gasteiger partial charge on any atom is -0.267 e. The molecule has 0 aromatic heterocycles. The van der Waals surface area contributed by atoms with Gasteiger partial charge in [0.15, 0.2) is 0 Å². The molecule has 1 N–H and O–H groups in total. The molecule has 5 heteroatoms. The van der Waals surface area contributed by atoms with Crippen LogP contribution in [0.15, 0.2) is 77.9 Å². The van der Waals surface area contributed by atoms with Crippen molar-refractivity contribution in [3.63, 3.8) is 0 Å². The summed E-state index contributed by atoms with van der Waals surface area (Å²) in [5.41, 5.74) is 6.03. The molecule has 0 saturated heterocycles. The van der Waals surface area contributed by atoms with Gasteiger partial charge in [-0.15, -0.1) is 0 Å². The maximum atomic E-state index is 12.5. The average molecular weight is 397 g/mol. The molecule has 0 unspecified atom stereocenters. The second kappa shape index (κ2) is 9.36. The zero-order chi connectivity index (χ0) is 19.1. The predicted octanol–water partition coefficient (Wildman–Crippen LogP) is 5.54. The van der Waals surface area contributed by atoms with E-state index in [2.05, 4.69) is 22.7 Å². The summed E-state index contributed by atoms with van der Waals surface area (Å²) in [6.45, 7) is 0. The van der Waals surface area contributed by atoms with E-state index in [9.17, 15) is 4.79 Å². The number of nitrogens with one attached hydrogen (secondary N) is 1. The molecule has 3 aromatic rings. The van der Waals surface area contributed by atoms with Gasteiger partial charge in [-0.2, -0.15) is 5.10 Å². The third kappa shape index (κ3) is 5.19. The fourth-order valence-electron chi connectivity index (χ4n) is 2.72. The molecule has 3 aromatic carbocycles. The van der Waals surface area contributed by atoms with Crippen LogP contribution in [0.4, 0.5) is 0 Å². The average Bonchev–Trinajstić information content (AvgIpc) is 2.70. The number of hydrogen-bond acceptors (Lipinski definition) is 2. The molecule has 27 heavy (non-hydrogen) atoms. The first-order valence-electron chi connectivity index (χ1n) is 8.54. The fourth-order valence-corrected chi connectivity index (χ4v) is 3.08. The van der Waals surface area contributed by atoms with Crippen molar-refractivity contribution in [1.82, 2.24) is 5.43 Å². The maximum Gasteiger partial charge on any atom is 0.271 e. The quantitative estimate of drug-likeness (QED) is 0.431. The number of benzene rings is 3. The number of amides is 1. The third-order valence-electron chi connectivity index (χ3n) is 4.14. The van der Waals surface area contributed by atoms with E-state index in [0.717, 1.165) is 18.4 Å². The van der Waals surface area contributed by atoms with E-state index in [1.165, 1.54) is 11.8 Å². The molecule has 0 aliphatic carbocycles. The van der Waals surface area contributed by atoms with Gasteiger partial charge < -0.3 is 0 Å². The number of hydrazone groups is 1. The molecular weight excluding hydrogens is 379 g/mol. The summed E-state index contributed by atoms with van der Waals surface area (Å²) in [7, 11) is 0. The van der Waals surface area contributed by atoms with Gasteiger partial charge in [-0.05, 0) is 36.1 Å². The second-order valence-electron chi connectivity index (χ2n) is 5.98. The monoisotopic (exact) mass is 396 g/mol. The van der Waals surface area contributed by atoms with Crippen LogP contribution in [-0.4, -0.2) is 12.1 Å². The molecule has 0 heterocycles. The Balaban J connectivity index is 1.68. The zero-order valence-corrected chi connectivity index (χ0v) is 16.0. The van der Waals surface area contributed by atoms with E-state index in [4.69, 9.17) is 23.2 Å². The lowest BCUT2D eigenvalue weighted by molar-refractivity contribution is 0.0954. The molecule has 0 bridgehead atoms. The van der Waals surface area contributed by atoms with Gasteiger partial charge in [-0.3, -0.25) is 4.79 Å². The first kappa shape index (κ1) is 19.2. The molecule has 0 atom stereocenters.